The molecule has 2 aliphatic rings. The molecule has 0 aromatic carbocycles. The molecule has 1 aromatic heterocycles. The molecule has 148 valence electrons. The fourth-order valence-electron chi connectivity index (χ4n) is 4.24. The summed E-state index contributed by atoms with van der Waals surface area (Å²) < 4.78 is 5.32. The summed E-state index contributed by atoms with van der Waals surface area (Å²) in [6.45, 7) is 6.41. The highest BCUT2D eigenvalue weighted by Gasteiger charge is 2.33. The summed E-state index contributed by atoms with van der Waals surface area (Å²) in [6.07, 6.45) is 6.09. The first-order valence-corrected chi connectivity index (χ1v) is 10.5. The number of rotatable bonds is 4. The average Bonchev–Trinajstić information content (AvgIpc) is 2.92. The summed E-state index contributed by atoms with van der Waals surface area (Å²) in [6, 6.07) is 0. The fourth-order valence-corrected chi connectivity index (χ4v) is 5.33. The van der Waals surface area contributed by atoms with Crippen molar-refractivity contribution in [2.24, 2.45) is 11.8 Å². The summed E-state index contributed by atoms with van der Waals surface area (Å²) in [5, 5.41) is 3.17. The number of thiophene rings is 1. The number of ether oxygens (including phenoxy) is 1. The monoisotopic (exact) mass is 392 g/mol. The molecule has 1 saturated heterocycles. The highest BCUT2D eigenvalue weighted by Crippen LogP contribution is 2.36. The number of nitrogens with one attached hydrogen (secondary N) is 1. The Balaban J connectivity index is 1.59. The third-order valence-electron chi connectivity index (χ3n) is 5.85. The Morgan fingerprint density at radius 3 is 2.56 bits per heavy atom. The van der Waals surface area contributed by atoms with Gasteiger partial charge < -0.3 is 15.0 Å². The molecule has 27 heavy (non-hydrogen) atoms. The molecule has 0 spiro atoms. The SMILES string of the molecule is CC(=O)Nc1sc(C)c(C)c1C(=O)OCC(=O)N1CC[C@H]2CCCC[C@@H]2C1. The Morgan fingerprint density at radius 1 is 1.15 bits per heavy atom. The predicted octanol–water partition coefficient (Wildman–Crippen LogP) is 3.52. The van der Waals surface area contributed by atoms with Crippen LogP contribution in [0.5, 0.6) is 0 Å². The van der Waals surface area contributed by atoms with Gasteiger partial charge in [-0.1, -0.05) is 19.3 Å². The van der Waals surface area contributed by atoms with Crippen molar-refractivity contribution >= 4 is 34.1 Å². The number of hydrogen-bond acceptors (Lipinski definition) is 5. The van der Waals surface area contributed by atoms with Crippen LogP contribution in [-0.4, -0.2) is 42.4 Å². The first-order chi connectivity index (χ1) is 12.9. The van der Waals surface area contributed by atoms with E-state index in [1.54, 1.807) is 0 Å². The van der Waals surface area contributed by atoms with E-state index in [0.29, 0.717) is 16.5 Å². The number of likely N-dealkylation sites (tertiary alicyclic amines) is 1. The van der Waals surface area contributed by atoms with E-state index in [1.165, 1.54) is 43.9 Å². The number of piperidine rings is 1. The Bertz CT molecular complexity index is 743. The number of carbonyl (C=O) groups is 3. The van der Waals surface area contributed by atoms with E-state index in [0.717, 1.165) is 35.9 Å². The molecule has 2 amide bonds. The van der Waals surface area contributed by atoms with E-state index in [1.807, 2.05) is 18.7 Å². The van der Waals surface area contributed by atoms with Crippen LogP contribution in [0, 0.1) is 25.7 Å². The molecular weight excluding hydrogens is 364 g/mol. The maximum Gasteiger partial charge on any atom is 0.341 e. The lowest BCUT2D eigenvalue weighted by molar-refractivity contribution is -0.137. The molecule has 3 rings (SSSR count). The van der Waals surface area contributed by atoms with Gasteiger partial charge in [0, 0.05) is 24.9 Å². The Hall–Kier alpha value is -1.89. The van der Waals surface area contributed by atoms with Crippen molar-refractivity contribution in [2.75, 3.05) is 25.0 Å². The highest BCUT2D eigenvalue weighted by molar-refractivity contribution is 7.16. The number of nitrogens with zero attached hydrogens (tertiary/aromatic N) is 1. The van der Waals surface area contributed by atoms with Gasteiger partial charge in [-0.2, -0.15) is 0 Å². The Morgan fingerprint density at radius 2 is 1.85 bits per heavy atom. The highest BCUT2D eigenvalue weighted by atomic mass is 32.1. The molecule has 1 N–H and O–H groups in total. The van der Waals surface area contributed by atoms with Crippen molar-refractivity contribution in [1.82, 2.24) is 4.90 Å². The molecule has 1 saturated carbocycles. The minimum Gasteiger partial charge on any atom is -0.452 e. The van der Waals surface area contributed by atoms with E-state index >= 15 is 0 Å². The van der Waals surface area contributed by atoms with Gasteiger partial charge in [0.2, 0.25) is 5.91 Å². The zero-order valence-corrected chi connectivity index (χ0v) is 17.1. The maximum atomic E-state index is 12.6. The number of fused-ring (bicyclic) bond motifs is 1. The number of carbonyl (C=O) groups excluding carboxylic acids is 3. The molecular formula is C20H28N2O4S. The zero-order chi connectivity index (χ0) is 19.6. The molecule has 7 heteroatoms. The number of aryl methyl sites for hydroxylation is 1. The lowest BCUT2D eigenvalue weighted by Gasteiger charge is -2.41. The van der Waals surface area contributed by atoms with E-state index in [2.05, 4.69) is 5.32 Å². The van der Waals surface area contributed by atoms with Crippen molar-refractivity contribution < 1.29 is 19.1 Å². The first kappa shape index (κ1) is 19.9. The normalized spacial score (nSPS) is 22.1. The van der Waals surface area contributed by atoms with Crippen LogP contribution in [0.25, 0.3) is 0 Å². The van der Waals surface area contributed by atoms with E-state index in [9.17, 15) is 14.4 Å². The molecule has 1 aromatic rings. The molecule has 2 atom stereocenters. The standard InChI is InChI=1S/C20H28N2O4S/c1-12-13(2)27-19(21-14(3)23)18(12)20(25)26-11-17(24)22-9-8-15-6-4-5-7-16(15)10-22/h15-16H,4-11H2,1-3H3,(H,21,23)/t15-,16-/m1/s1. The molecule has 0 radical (unpaired) electrons. The van der Waals surface area contributed by atoms with Gasteiger partial charge in [-0.15, -0.1) is 11.3 Å². The van der Waals surface area contributed by atoms with Crippen LogP contribution in [0.2, 0.25) is 0 Å². The molecule has 1 aliphatic carbocycles. The van der Waals surface area contributed by atoms with Crippen LogP contribution in [-0.2, 0) is 14.3 Å². The van der Waals surface area contributed by atoms with Crippen molar-refractivity contribution in [1.29, 1.82) is 0 Å². The predicted molar refractivity (Wildman–Crippen MR) is 105 cm³/mol. The lowest BCUT2D eigenvalue weighted by Crippen LogP contribution is -2.46. The quantitative estimate of drug-likeness (QED) is 0.796. The number of esters is 1. The number of hydrogen-bond donors (Lipinski definition) is 1. The second kappa shape index (κ2) is 8.42. The van der Waals surface area contributed by atoms with Crippen molar-refractivity contribution in [3.05, 3.63) is 16.0 Å². The smallest absolute Gasteiger partial charge is 0.341 e. The second-order valence-electron chi connectivity index (χ2n) is 7.68. The van der Waals surface area contributed by atoms with Crippen molar-refractivity contribution in [3.63, 3.8) is 0 Å². The topological polar surface area (TPSA) is 75.7 Å². The molecule has 6 nitrogen and oxygen atoms in total. The van der Waals surface area contributed by atoms with Gasteiger partial charge in [-0.05, 0) is 44.1 Å². The van der Waals surface area contributed by atoms with Gasteiger partial charge in [0.1, 0.15) is 5.00 Å². The summed E-state index contributed by atoms with van der Waals surface area (Å²) in [5.74, 6) is 0.429. The zero-order valence-electron chi connectivity index (χ0n) is 16.3. The molecule has 1 aliphatic heterocycles. The first-order valence-electron chi connectivity index (χ1n) is 9.69. The van der Waals surface area contributed by atoms with Crippen LogP contribution in [0.3, 0.4) is 0 Å². The summed E-state index contributed by atoms with van der Waals surface area (Å²) >= 11 is 1.34. The van der Waals surface area contributed by atoms with Crippen molar-refractivity contribution in [3.8, 4) is 0 Å². The largest absolute Gasteiger partial charge is 0.452 e. The van der Waals surface area contributed by atoms with Crippen LogP contribution >= 0.6 is 11.3 Å². The molecule has 0 bridgehead atoms. The van der Waals surface area contributed by atoms with Crippen LogP contribution < -0.4 is 5.32 Å². The summed E-state index contributed by atoms with van der Waals surface area (Å²) in [5.41, 5.74) is 1.13. The lowest BCUT2D eigenvalue weighted by atomic mass is 9.75. The van der Waals surface area contributed by atoms with Gasteiger partial charge in [-0.3, -0.25) is 9.59 Å². The summed E-state index contributed by atoms with van der Waals surface area (Å²) in [4.78, 5) is 39.3. The maximum absolute atomic E-state index is 12.6. The van der Waals surface area contributed by atoms with Crippen LogP contribution in [0.15, 0.2) is 0 Å². The third kappa shape index (κ3) is 4.51. The van der Waals surface area contributed by atoms with E-state index < -0.39 is 5.97 Å². The fraction of sp³-hybridized carbons (Fsp3) is 0.650. The summed E-state index contributed by atoms with van der Waals surface area (Å²) in [7, 11) is 0. The Kier molecular flexibility index (Phi) is 6.19. The Labute approximate surface area is 164 Å². The molecule has 2 heterocycles. The van der Waals surface area contributed by atoms with E-state index in [4.69, 9.17) is 4.74 Å². The van der Waals surface area contributed by atoms with Gasteiger partial charge in [0.15, 0.2) is 6.61 Å². The van der Waals surface area contributed by atoms with Gasteiger partial charge in [0.05, 0.1) is 5.56 Å². The van der Waals surface area contributed by atoms with Gasteiger partial charge >= 0.3 is 5.97 Å². The van der Waals surface area contributed by atoms with Crippen molar-refractivity contribution in [2.45, 2.75) is 52.9 Å². The number of anilines is 1. The minimum absolute atomic E-state index is 0.127. The third-order valence-corrected chi connectivity index (χ3v) is 6.97. The second-order valence-corrected chi connectivity index (χ2v) is 8.90. The van der Waals surface area contributed by atoms with Crippen LogP contribution in [0.1, 0.15) is 59.8 Å². The number of amides is 2. The van der Waals surface area contributed by atoms with Gasteiger partial charge in [0.25, 0.3) is 5.91 Å². The van der Waals surface area contributed by atoms with Crippen LogP contribution in [0.4, 0.5) is 5.00 Å². The molecule has 2 fully saturated rings. The average molecular weight is 393 g/mol. The minimum atomic E-state index is -0.554. The molecule has 0 unspecified atom stereocenters. The van der Waals surface area contributed by atoms with Gasteiger partial charge in [-0.25, -0.2) is 4.79 Å². The van der Waals surface area contributed by atoms with E-state index in [-0.39, 0.29) is 18.4 Å².